The normalized spacial score (nSPS) is 25.1. The average molecular weight is 235 g/mol. The molecular formula is C14H25N3. The van der Waals surface area contributed by atoms with Gasteiger partial charge in [-0.2, -0.15) is 5.10 Å². The fourth-order valence-electron chi connectivity index (χ4n) is 2.72. The van der Waals surface area contributed by atoms with Gasteiger partial charge in [-0.15, -0.1) is 0 Å². The summed E-state index contributed by atoms with van der Waals surface area (Å²) in [5, 5.41) is 8.15. The Morgan fingerprint density at radius 1 is 1.47 bits per heavy atom. The first-order valence-electron chi connectivity index (χ1n) is 7.00. The largest absolute Gasteiger partial charge is 0.316 e. The minimum Gasteiger partial charge on any atom is -0.316 e. The van der Waals surface area contributed by atoms with Crippen molar-refractivity contribution in [3.63, 3.8) is 0 Å². The van der Waals surface area contributed by atoms with E-state index >= 15 is 0 Å². The minimum atomic E-state index is 0.774. The van der Waals surface area contributed by atoms with Crippen molar-refractivity contribution in [3.05, 3.63) is 17.5 Å². The van der Waals surface area contributed by atoms with Crippen molar-refractivity contribution in [3.8, 4) is 0 Å². The van der Waals surface area contributed by atoms with Gasteiger partial charge in [-0.1, -0.05) is 13.8 Å². The van der Waals surface area contributed by atoms with Gasteiger partial charge in [-0.05, 0) is 57.2 Å². The molecule has 1 aliphatic rings. The molecule has 0 radical (unpaired) electrons. The Morgan fingerprint density at radius 3 is 2.94 bits per heavy atom. The lowest BCUT2D eigenvalue weighted by atomic mass is 9.85. The zero-order valence-corrected chi connectivity index (χ0v) is 11.4. The third kappa shape index (κ3) is 2.89. The Balaban J connectivity index is 2.08. The maximum absolute atomic E-state index is 4.63. The number of aromatic nitrogens is 2. The smallest absolute Gasteiger partial charge is 0.0624 e. The molecule has 2 unspecified atom stereocenters. The second kappa shape index (κ2) is 5.67. The van der Waals surface area contributed by atoms with Crippen LogP contribution in [0.15, 0.2) is 6.07 Å². The van der Waals surface area contributed by atoms with E-state index in [2.05, 4.69) is 41.9 Å². The summed E-state index contributed by atoms with van der Waals surface area (Å²) in [6.07, 6.45) is 3.53. The maximum atomic E-state index is 4.63. The number of hydrogen-bond donors (Lipinski definition) is 1. The summed E-state index contributed by atoms with van der Waals surface area (Å²) in [5.41, 5.74) is 2.66. The van der Waals surface area contributed by atoms with E-state index in [4.69, 9.17) is 0 Å². The number of piperidine rings is 1. The van der Waals surface area contributed by atoms with E-state index in [1.807, 2.05) is 0 Å². The molecule has 1 aromatic heterocycles. The second-order valence-corrected chi connectivity index (χ2v) is 5.23. The lowest BCUT2D eigenvalue weighted by Gasteiger charge is -2.29. The molecule has 2 heterocycles. The van der Waals surface area contributed by atoms with Gasteiger partial charge in [0.1, 0.15) is 0 Å². The van der Waals surface area contributed by atoms with Crippen LogP contribution in [0.1, 0.15) is 38.6 Å². The van der Waals surface area contributed by atoms with E-state index in [0.29, 0.717) is 0 Å². The number of hydrogen-bond acceptors (Lipinski definition) is 2. The van der Waals surface area contributed by atoms with Crippen LogP contribution in [0.2, 0.25) is 0 Å². The summed E-state index contributed by atoms with van der Waals surface area (Å²) in [7, 11) is 0. The molecular weight excluding hydrogens is 210 g/mol. The molecule has 96 valence electrons. The monoisotopic (exact) mass is 235 g/mol. The van der Waals surface area contributed by atoms with E-state index in [1.54, 1.807) is 0 Å². The first-order chi connectivity index (χ1) is 8.24. The van der Waals surface area contributed by atoms with Gasteiger partial charge in [-0.25, -0.2) is 0 Å². The Morgan fingerprint density at radius 2 is 2.29 bits per heavy atom. The number of nitrogens with zero attached hydrogens (tertiary/aromatic N) is 2. The third-order valence-electron chi connectivity index (χ3n) is 4.03. The second-order valence-electron chi connectivity index (χ2n) is 5.23. The van der Waals surface area contributed by atoms with Crippen LogP contribution in [0.4, 0.5) is 0 Å². The average Bonchev–Trinajstić information content (AvgIpc) is 2.74. The molecule has 0 aromatic carbocycles. The molecule has 1 aromatic rings. The molecule has 0 bridgehead atoms. The van der Waals surface area contributed by atoms with E-state index in [9.17, 15) is 0 Å². The van der Waals surface area contributed by atoms with Crippen LogP contribution in [-0.2, 0) is 19.4 Å². The predicted molar refractivity (Wildman–Crippen MR) is 71.1 cm³/mol. The van der Waals surface area contributed by atoms with Gasteiger partial charge in [-0.3, -0.25) is 4.68 Å². The van der Waals surface area contributed by atoms with Gasteiger partial charge in [0.25, 0.3) is 0 Å². The zero-order chi connectivity index (χ0) is 12.3. The SMILES string of the molecule is CCc1cc(CC2CNCCC2C)n(CC)n1. The fraction of sp³-hybridized carbons (Fsp3) is 0.786. The van der Waals surface area contributed by atoms with E-state index in [0.717, 1.165) is 31.3 Å². The molecule has 17 heavy (non-hydrogen) atoms. The molecule has 1 fully saturated rings. The Kier molecular flexibility index (Phi) is 4.21. The van der Waals surface area contributed by atoms with Crippen LogP contribution < -0.4 is 5.32 Å². The van der Waals surface area contributed by atoms with E-state index in [1.165, 1.54) is 30.8 Å². The first-order valence-corrected chi connectivity index (χ1v) is 7.00. The number of aryl methyl sites for hydroxylation is 2. The Labute approximate surface area is 105 Å². The Hall–Kier alpha value is -0.830. The van der Waals surface area contributed by atoms with E-state index < -0.39 is 0 Å². The highest BCUT2D eigenvalue weighted by molar-refractivity contribution is 5.11. The highest BCUT2D eigenvalue weighted by atomic mass is 15.3. The number of nitrogens with one attached hydrogen (secondary N) is 1. The number of rotatable bonds is 4. The van der Waals surface area contributed by atoms with E-state index in [-0.39, 0.29) is 0 Å². The molecule has 1 saturated heterocycles. The Bertz CT molecular complexity index is 356. The van der Waals surface area contributed by atoms with Crippen LogP contribution in [0.25, 0.3) is 0 Å². The standard InChI is InChI=1S/C14H25N3/c1-4-13-9-14(17(5-2)16-13)8-12-10-15-7-6-11(12)3/h9,11-12,15H,4-8,10H2,1-3H3. The zero-order valence-electron chi connectivity index (χ0n) is 11.4. The van der Waals surface area contributed by atoms with Crippen molar-refractivity contribution in [2.75, 3.05) is 13.1 Å². The molecule has 1 N–H and O–H groups in total. The lowest BCUT2D eigenvalue weighted by Crippen LogP contribution is -2.36. The van der Waals surface area contributed by atoms with Crippen molar-refractivity contribution in [2.45, 2.75) is 46.6 Å². The van der Waals surface area contributed by atoms with Crippen molar-refractivity contribution in [1.82, 2.24) is 15.1 Å². The van der Waals surface area contributed by atoms with Crippen molar-refractivity contribution < 1.29 is 0 Å². The summed E-state index contributed by atoms with van der Waals surface area (Å²) in [5.74, 6) is 1.61. The fourth-order valence-corrected chi connectivity index (χ4v) is 2.72. The van der Waals surface area contributed by atoms with Gasteiger partial charge in [0, 0.05) is 12.2 Å². The molecule has 0 amide bonds. The summed E-state index contributed by atoms with van der Waals surface area (Å²) in [6, 6.07) is 2.30. The van der Waals surface area contributed by atoms with Gasteiger partial charge >= 0.3 is 0 Å². The molecule has 0 spiro atoms. The van der Waals surface area contributed by atoms with Gasteiger partial charge in [0.2, 0.25) is 0 Å². The summed E-state index contributed by atoms with van der Waals surface area (Å²) < 4.78 is 2.18. The van der Waals surface area contributed by atoms with Crippen molar-refractivity contribution in [1.29, 1.82) is 0 Å². The molecule has 3 heteroatoms. The third-order valence-corrected chi connectivity index (χ3v) is 4.03. The van der Waals surface area contributed by atoms with Gasteiger partial charge < -0.3 is 5.32 Å². The summed E-state index contributed by atoms with van der Waals surface area (Å²) >= 11 is 0. The minimum absolute atomic E-state index is 0.774. The summed E-state index contributed by atoms with van der Waals surface area (Å²) in [4.78, 5) is 0. The molecule has 2 atom stereocenters. The van der Waals surface area contributed by atoms with Crippen molar-refractivity contribution in [2.24, 2.45) is 11.8 Å². The van der Waals surface area contributed by atoms with Gasteiger partial charge in [0.05, 0.1) is 5.69 Å². The van der Waals surface area contributed by atoms with Crippen molar-refractivity contribution >= 4 is 0 Å². The van der Waals surface area contributed by atoms with Crippen LogP contribution in [0.3, 0.4) is 0 Å². The maximum Gasteiger partial charge on any atom is 0.0624 e. The quantitative estimate of drug-likeness (QED) is 0.867. The predicted octanol–water partition coefficient (Wildman–Crippen LogP) is 2.25. The molecule has 3 nitrogen and oxygen atoms in total. The topological polar surface area (TPSA) is 29.9 Å². The molecule has 0 saturated carbocycles. The van der Waals surface area contributed by atoms with Gasteiger partial charge in [0.15, 0.2) is 0 Å². The molecule has 2 rings (SSSR count). The highest BCUT2D eigenvalue weighted by Crippen LogP contribution is 2.23. The molecule has 1 aliphatic heterocycles. The highest BCUT2D eigenvalue weighted by Gasteiger charge is 2.22. The van der Waals surface area contributed by atoms with Crippen LogP contribution >= 0.6 is 0 Å². The first kappa shape index (κ1) is 12.6. The van der Waals surface area contributed by atoms with Crippen LogP contribution in [0, 0.1) is 11.8 Å². The lowest BCUT2D eigenvalue weighted by molar-refractivity contribution is 0.268. The van der Waals surface area contributed by atoms with Crippen LogP contribution in [-0.4, -0.2) is 22.9 Å². The summed E-state index contributed by atoms with van der Waals surface area (Å²) in [6.45, 7) is 10.1. The van der Waals surface area contributed by atoms with Crippen LogP contribution in [0.5, 0.6) is 0 Å². The molecule has 0 aliphatic carbocycles.